The van der Waals surface area contributed by atoms with Crippen LogP contribution in [0.4, 0.5) is 5.82 Å². The molecule has 1 fully saturated rings. The first-order valence-electron chi connectivity index (χ1n) is 12.3. The number of ether oxygens (including phenoxy) is 3. The lowest BCUT2D eigenvalue weighted by Crippen LogP contribution is -2.43. The molecule has 0 atom stereocenters. The van der Waals surface area contributed by atoms with E-state index >= 15 is 0 Å². The Hall–Kier alpha value is -3.75. The molecule has 1 aromatic heterocycles. The molecule has 0 aliphatic carbocycles. The number of aryl methyl sites for hydroxylation is 1. The summed E-state index contributed by atoms with van der Waals surface area (Å²) in [6.07, 6.45) is 1.99. The molecule has 0 radical (unpaired) electrons. The SMILES string of the molecule is CCn1c(=O)c(N2CCC(C(=O)NCCc3cc(OC)c(OC)c(OC)c3)CC2)nc2ccccc21. The van der Waals surface area contributed by atoms with Crippen molar-refractivity contribution in [3.8, 4) is 17.2 Å². The van der Waals surface area contributed by atoms with Crippen molar-refractivity contribution < 1.29 is 19.0 Å². The highest BCUT2D eigenvalue weighted by atomic mass is 16.5. The van der Waals surface area contributed by atoms with Gasteiger partial charge in [-0.05, 0) is 56.0 Å². The normalized spacial score (nSPS) is 14.1. The first-order valence-corrected chi connectivity index (χ1v) is 12.3. The molecular formula is C27H34N4O5. The minimum absolute atomic E-state index is 0.0412. The van der Waals surface area contributed by atoms with Crippen LogP contribution in [0.1, 0.15) is 25.3 Å². The fourth-order valence-electron chi connectivity index (χ4n) is 4.81. The monoisotopic (exact) mass is 494 g/mol. The van der Waals surface area contributed by atoms with Crippen molar-refractivity contribution in [3.05, 3.63) is 52.3 Å². The van der Waals surface area contributed by atoms with Crippen molar-refractivity contribution in [2.24, 2.45) is 5.92 Å². The summed E-state index contributed by atoms with van der Waals surface area (Å²) in [5.74, 6) is 2.16. The van der Waals surface area contributed by atoms with Crippen LogP contribution in [0.5, 0.6) is 17.2 Å². The van der Waals surface area contributed by atoms with E-state index in [1.54, 1.807) is 25.9 Å². The molecular weight excluding hydrogens is 460 g/mol. The summed E-state index contributed by atoms with van der Waals surface area (Å²) in [4.78, 5) is 32.6. The summed E-state index contributed by atoms with van der Waals surface area (Å²) in [6, 6.07) is 11.5. The number of fused-ring (bicyclic) bond motifs is 1. The van der Waals surface area contributed by atoms with Crippen LogP contribution in [0, 0.1) is 5.92 Å². The largest absolute Gasteiger partial charge is 0.493 e. The van der Waals surface area contributed by atoms with Crippen LogP contribution in [0.2, 0.25) is 0 Å². The zero-order valence-electron chi connectivity index (χ0n) is 21.4. The van der Waals surface area contributed by atoms with E-state index in [1.165, 1.54) is 0 Å². The smallest absolute Gasteiger partial charge is 0.293 e. The van der Waals surface area contributed by atoms with E-state index in [-0.39, 0.29) is 17.4 Å². The maximum absolute atomic E-state index is 13.1. The van der Waals surface area contributed by atoms with Gasteiger partial charge in [0.2, 0.25) is 11.7 Å². The average Bonchev–Trinajstić information content (AvgIpc) is 2.92. The molecule has 4 rings (SSSR count). The highest BCUT2D eigenvalue weighted by molar-refractivity contribution is 5.79. The summed E-state index contributed by atoms with van der Waals surface area (Å²) in [5, 5.41) is 3.06. The number of amides is 1. The third-order valence-corrected chi connectivity index (χ3v) is 6.75. The topological polar surface area (TPSA) is 94.9 Å². The number of piperidine rings is 1. The zero-order valence-corrected chi connectivity index (χ0v) is 21.4. The zero-order chi connectivity index (χ0) is 25.7. The highest BCUT2D eigenvalue weighted by Gasteiger charge is 2.27. The lowest BCUT2D eigenvalue weighted by molar-refractivity contribution is -0.125. The van der Waals surface area contributed by atoms with Gasteiger partial charge in [0.25, 0.3) is 5.56 Å². The van der Waals surface area contributed by atoms with Crippen LogP contribution in [0.25, 0.3) is 11.0 Å². The predicted molar refractivity (Wildman–Crippen MR) is 139 cm³/mol. The Morgan fingerprint density at radius 3 is 2.33 bits per heavy atom. The summed E-state index contributed by atoms with van der Waals surface area (Å²) >= 11 is 0. The van der Waals surface area contributed by atoms with Crippen molar-refractivity contribution in [1.29, 1.82) is 0 Å². The minimum atomic E-state index is -0.0879. The number of rotatable bonds is 9. The second-order valence-electron chi connectivity index (χ2n) is 8.81. The number of aromatic nitrogens is 2. The molecule has 192 valence electrons. The van der Waals surface area contributed by atoms with E-state index < -0.39 is 0 Å². The average molecular weight is 495 g/mol. The Labute approximate surface area is 211 Å². The van der Waals surface area contributed by atoms with Gasteiger partial charge in [0, 0.05) is 32.1 Å². The van der Waals surface area contributed by atoms with Gasteiger partial charge in [0.05, 0.1) is 32.4 Å². The van der Waals surface area contributed by atoms with Crippen LogP contribution in [0.3, 0.4) is 0 Å². The fourth-order valence-corrected chi connectivity index (χ4v) is 4.81. The summed E-state index contributed by atoms with van der Waals surface area (Å²) in [5.41, 5.74) is 2.55. The van der Waals surface area contributed by atoms with Crippen LogP contribution in [-0.4, -0.2) is 56.4 Å². The fraction of sp³-hybridized carbons (Fsp3) is 0.444. The van der Waals surface area contributed by atoms with Crippen LogP contribution in [-0.2, 0) is 17.8 Å². The molecule has 1 saturated heterocycles. The lowest BCUT2D eigenvalue weighted by atomic mass is 9.96. The molecule has 0 unspecified atom stereocenters. The number of para-hydroxylation sites is 2. The van der Waals surface area contributed by atoms with Gasteiger partial charge in [-0.25, -0.2) is 4.98 Å². The minimum Gasteiger partial charge on any atom is -0.493 e. The van der Waals surface area contributed by atoms with E-state index in [2.05, 4.69) is 10.3 Å². The molecule has 0 saturated carbocycles. The number of carbonyl (C=O) groups is 1. The van der Waals surface area contributed by atoms with Gasteiger partial charge in [-0.1, -0.05) is 12.1 Å². The quantitative estimate of drug-likeness (QED) is 0.489. The Morgan fingerprint density at radius 2 is 1.72 bits per heavy atom. The number of methoxy groups -OCH3 is 3. The maximum Gasteiger partial charge on any atom is 0.293 e. The predicted octanol–water partition coefficient (Wildman–Crippen LogP) is 3.02. The first kappa shape index (κ1) is 25.3. The lowest BCUT2D eigenvalue weighted by Gasteiger charge is -2.32. The van der Waals surface area contributed by atoms with Crippen molar-refractivity contribution in [3.63, 3.8) is 0 Å². The number of anilines is 1. The highest BCUT2D eigenvalue weighted by Crippen LogP contribution is 2.38. The Morgan fingerprint density at radius 1 is 1.06 bits per heavy atom. The van der Waals surface area contributed by atoms with Crippen molar-refractivity contribution in [2.75, 3.05) is 45.9 Å². The number of hydrogen-bond donors (Lipinski definition) is 1. The van der Waals surface area contributed by atoms with Gasteiger partial charge < -0.3 is 29.0 Å². The van der Waals surface area contributed by atoms with Gasteiger partial charge in [-0.2, -0.15) is 0 Å². The first-order chi connectivity index (χ1) is 17.5. The van der Waals surface area contributed by atoms with E-state index in [4.69, 9.17) is 14.2 Å². The van der Waals surface area contributed by atoms with Crippen LogP contribution >= 0.6 is 0 Å². The van der Waals surface area contributed by atoms with Gasteiger partial charge in [0.15, 0.2) is 17.3 Å². The number of hydrogen-bond acceptors (Lipinski definition) is 7. The third-order valence-electron chi connectivity index (χ3n) is 6.75. The molecule has 1 N–H and O–H groups in total. The number of nitrogens with one attached hydrogen (secondary N) is 1. The molecule has 9 nitrogen and oxygen atoms in total. The Balaban J connectivity index is 1.35. The molecule has 2 heterocycles. The molecule has 1 amide bonds. The molecule has 9 heteroatoms. The number of benzene rings is 2. The summed E-state index contributed by atoms with van der Waals surface area (Å²) in [7, 11) is 4.74. The molecule has 2 aromatic carbocycles. The van der Waals surface area contributed by atoms with Crippen LogP contribution < -0.4 is 30.0 Å². The molecule has 0 bridgehead atoms. The molecule has 36 heavy (non-hydrogen) atoms. The van der Waals surface area contributed by atoms with Crippen molar-refractivity contribution in [1.82, 2.24) is 14.9 Å². The number of nitrogens with zero attached hydrogens (tertiary/aromatic N) is 3. The van der Waals surface area contributed by atoms with Gasteiger partial charge in [0.1, 0.15) is 0 Å². The Kier molecular flexibility index (Phi) is 7.97. The van der Waals surface area contributed by atoms with E-state index in [1.807, 2.05) is 48.2 Å². The van der Waals surface area contributed by atoms with E-state index in [0.717, 1.165) is 16.6 Å². The second-order valence-corrected chi connectivity index (χ2v) is 8.81. The van der Waals surface area contributed by atoms with Gasteiger partial charge >= 0.3 is 0 Å². The number of carbonyl (C=O) groups excluding carboxylic acids is 1. The van der Waals surface area contributed by atoms with Crippen molar-refractivity contribution >= 4 is 22.8 Å². The summed E-state index contributed by atoms with van der Waals surface area (Å²) < 4.78 is 18.0. The maximum atomic E-state index is 13.1. The molecule has 0 spiro atoms. The third kappa shape index (κ3) is 5.10. The van der Waals surface area contributed by atoms with Gasteiger partial charge in [-0.15, -0.1) is 0 Å². The molecule has 1 aliphatic rings. The summed E-state index contributed by atoms with van der Waals surface area (Å²) in [6.45, 7) is 4.29. The molecule has 3 aromatic rings. The van der Waals surface area contributed by atoms with Crippen molar-refractivity contribution in [2.45, 2.75) is 32.7 Å². The van der Waals surface area contributed by atoms with Gasteiger partial charge in [-0.3, -0.25) is 9.59 Å². The standard InChI is InChI=1S/C27H34N4O5/c1-5-31-21-9-7-6-8-20(21)29-25(27(31)33)30-14-11-19(12-15-30)26(32)28-13-10-18-16-22(34-2)24(36-4)23(17-18)35-3/h6-9,16-17,19H,5,10-15H2,1-4H3,(H,28,32). The Bertz CT molecular complexity index is 1260. The van der Waals surface area contributed by atoms with Crippen LogP contribution in [0.15, 0.2) is 41.2 Å². The van der Waals surface area contributed by atoms with E-state index in [9.17, 15) is 9.59 Å². The molecule has 1 aliphatic heterocycles. The second kappa shape index (κ2) is 11.3. The van der Waals surface area contributed by atoms with E-state index in [0.29, 0.717) is 68.5 Å².